The molecule has 6 heteroatoms. The van der Waals surface area contributed by atoms with Gasteiger partial charge < -0.3 is 9.47 Å². The lowest BCUT2D eigenvalue weighted by atomic mass is 10.2. The Morgan fingerprint density at radius 3 is 2.42 bits per heavy atom. The van der Waals surface area contributed by atoms with Crippen molar-refractivity contribution in [3.63, 3.8) is 0 Å². The van der Waals surface area contributed by atoms with Crippen LogP contribution in [0.25, 0.3) is 0 Å². The number of nitrogens with zero attached hydrogens (tertiary/aromatic N) is 1. The monoisotopic (exact) mass is 373 g/mol. The quantitative estimate of drug-likeness (QED) is 0.778. The van der Waals surface area contributed by atoms with Crippen LogP contribution >= 0.6 is 0 Å². The second-order valence-electron chi connectivity index (χ2n) is 6.92. The number of benzene rings is 2. The zero-order valence-corrected chi connectivity index (χ0v) is 15.6. The smallest absolute Gasteiger partial charge is 0.243 e. The maximum Gasteiger partial charge on any atom is 0.243 e. The molecule has 1 saturated carbocycles. The van der Waals surface area contributed by atoms with Crippen LogP contribution in [-0.4, -0.2) is 32.0 Å². The maximum atomic E-state index is 13.4. The van der Waals surface area contributed by atoms with Gasteiger partial charge in [0, 0.05) is 18.7 Å². The molecule has 2 aromatic rings. The van der Waals surface area contributed by atoms with E-state index in [0.29, 0.717) is 37.2 Å². The summed E-state index contributed by atoms with van der Waals surface area (Å²) in [6, 6.07) is 14.6. The molecule has 5 nitrogen and oxygen atoms in total. The fraction of sp³-hybridized carbons (Fsp3) is 0.400. The van der Waals surface area contributed by atoms with Crippen LogP contribution in [-0.2, 0) is 16.6 Å². The van der Waals surface area contributed by atoms with Crippen LogP contribution in [0.5, 0.6) is 11.5 Å². The van der Waals surface area contributed by atoms with Gasteiger partial charge >= 0.3 is 0 Å². The SMILES string of the molecule is CC(C1CC1)N(Cc1ccccc1)S(=O)(=O)c1ccc2c(c1)OCCO2. The molecule has 1 aliphatic carbocycles. The molecule has 1 atom stereocenters. The fourth-order valence-corrected chi connectivity index (χ4v) is 5.04. The van der Waals surface area contributed by atoms with E-state index in [1.165, 1.54) is 0 Å². The average molecular weight is 373 g/mol. The number of hydrogen-bond acceptors (Lipinski definition) is 4. The molecule has 2 aliphatic rings. The van der Waals surface area contributed by atoms with Crippen LogP contribution in [0.15, 0.2) is 53.4 Å². The first-order chi connectivity index (χ1) is 12.6. The van der Waals surface area contributed by atoms with Crippen LogP contribution < -0.4 is 9.47 Å². The third-order valence-electron chi connectivity index (χ3n) is 5.06. The van der Waals surface area contributed by atoms with E-state index >= 15 is 0 Å². The molecule has 1 aliphatic heterocycles. The first kappa shape index (κ1) is 17.4. The standard InChI is InChI=1S/C20H23NO4S/c1-15(17-7-8-17)21(14-16-5-3-2-4-6-16)26(22,23)18-9-10-19-20(13-18)25-12-11-24-19/h2-6,9-10,13,15,17H,7-8,11-12,14H2,1H3. The molecule has 0 saturated heterocycles. The molecule has 26 heavy (non-hydrogen) atoms. The summed E-state index contributed by atoms with van der Waals surface area (Å²) in [7, 11) is -3.64. The first-order valence-electron chi connectivity index (χ1n) is 9.01. The van der Waals surface area contributed by atoms with E-state index in [-0.39, 0.29) is 10.9 Å². The Morgan fingerprint density at radius 2 is 1.73 bits per heavy atom. The molecule has 2 aromatic carbocycles. The second-order valence-corrected chi connectivity index (χ2v) is 8.81. The minimum absolute atomic E-state index is 0.0339. The summed E-state index contributed by atoms with van der Waals surface area (Å²) in [5.74, 6) is 1.53. The van der Waals surface area contributed by atoms with E-state index in [2.05, 4.69) is 0 Å². The van der Waals surface area contributed by atoms with Crippen molar-refractivity contribution >= 4 is 10.0 Å². The van der Waals surface area contributed by atoms with Crippen molar-refractivity contribution in [3.8, 4) is 11.5 Å². The van der Waals surface area contributed by atoms with Crippen LogP contribution in [0.2, 0.25) is 0 Å². The van der Waals surface area contributed by atoms with Crippen molar-refractivity contribution in [3.05, 3.63) is 54.1 Å². The highest BCUT2D eigenvalue weighted by atomic mass is 32.2. The Hall–Kier alpha value is -2.05. The predicted octanol–water partition coefficient (Wildman–Crippen LogP) is 3.45. The van der Waals surface area contributed by atoms with Crippen molar-refractivity contribution in [1.29, 1.82) is 0 Å². The van der Waals surface area contributed by atoms with Gasteiger partial charge in [-0.2, -0.15) is 4.31 Å². The molecule has 0 radical (unpaired) electrons. The van der Waals surface area contributed by atoms with E-state index in [0.717, 1.165) is 18.4 Å². The molecule has 1 heterocycles. The fourth-order valence-electron chi connectivity index (χ4n) is 3.34. The molecular formula is C20H23NO4S. The van der Waals surface area contributed by atoms with Crippen molar-refractivity contribution in [2.24, 2.45) is 5.92 Å². The van der Waals surface area contributed by atoms with Crippen molar-refractivity contribution in [2.45, 2.75) is 37.2 Å². The minimum Gasteiger partial charge on any atom is -0.486 e. The number of fused-ring (bicyclic) bond motifs is 1. The minimum atomic E-state index is -3.64. The maximum absolute atomic E-state index is 13.4. The molecule has 0 amide bonds. The van der Waals surface area contributed by atoms with E-state index in [1.807, 2.05) is 37.3 Å². The first-order valence-corrected chi connectivity index (χ1v) is 10.4. The summed E-state index contributed by atoms with van der Waals surface area (Å²) in [4.78, 5) is 0.255. The average Bonchev–Trinajstić information content (AvgIpc) is 3.51. The van der Waals surface area contributed by atoms with Gasteiger partial charge in [0.1, 0.15) is 13.2 Å². The number of sulfonamides is 1. The van der Waals surface area contributed by atoms with Gasteiger partial charge in [-0.1, -0.05) is 30.3 Å². The lowest BCUT2D eigenvalue weighted by Gasteiger charge is -2.29. The van der Waals surface area contributed by atoms with Gasteiger partial charge in [0.2, 0.25) is 10.0 Å². The van der Waals surface area contributed by atoms with Crippen molar-refractivity contribution < 1.29 is 17.9 Å². The van der Waals surface area contributed by atoms with Crippen LogP contribution in [0.3, 0.4) is 0 Å². The van der Waals surface area contributed by atoms with Gasteiger partial charge in [0.05, 0.1) is 4.90 Å². The third-order valence-corrected chi connectivity index (χ3v) is 6.99. The zero-order valence-electron chi connectivity index (χ0n) is 14.8. The normalized spacial score (nSPS) is 17.9. The molecule has 0 N–H and O–H groups in total. The topological polar surface area (TPSA) is 55.8 Å². The van der Waals surface area contributed by atoms with Gasteiger partial charge in [0.25, 0.3) is 0 Å². The molecule has 0 bridgehead atoms. The predicted molar refractivity (Wildman–Crippen MR) is 98.8 cm³/mol. The van der Waals surface area contributed by atoms with Crippen molar-refractivity contribution in [2.75, 3.05) is 13.2 Å². The summed E-state index contributed by atoms with van der Waals surface area (Å²) in [6.45, 7) is 3.30. The molecular weight excluding hydrogens is 350 g/mol. The molecule has 4 rings (SSSR count). The van der Waals surface area contributed by atoms with Gasteiger partial charge in [-0.3, -0.25) is 0 Å². The van der Waals surface area contributed by atoms with Gasteiger partial charge in [-0.15, -0.1) is 0 Å². The lowest BCUT2D eigenvalue weighted by Crippen LogP contribution is -2.39. The zero-order chi connectivity index (χ0) is 18.1. The Balaban J connectivity index is 1.69. The van der Waals surface area contributed by atoms with E-state index in [9.17, 15) is 8.42 Å². The highest BCUT2D eigenvalue weighted by molar-refractivity contribution is 7.89. The molecule has 0 spiro atoms. The Morgan fingerprint density at radius 1 is 1.04 bits per heavy atom. The summed E-state index contributed by atoms with van der Waals surface area (Å²) >= 11 is 0. The van der Waals surface area contributed by atoms with Gasteiger partial charge in [0.15, 0.2) is 11.5 Å². The number of ether oxygens (including phenoxy) is 2. The number of rotatable bonds is 6. The van der Waals surface area contributed by atoms with Crippen molar-refractivity contribution in [1.82, 2.24) is 4.31 Å². The highest BCUT2D eigenvalue weighted by Gasteiger charge is 2.38. The summed E-state index contributed by atoms with van der Waals surface area (Å²) in [5, 5.41) is 0. The molecule has 0 aromatic heterocycles. The van der Waals surface area contributed by atoms with Gasteiger partial charge in [-0.05, 0) is 43.4 Å². The van der Waals surface area contributed by atoms with Crippen LogP contribution in [0, 0.1) is 5.92 Å². The Kier molecular flexibility index (Phi) is 4.63. The highest BCUT2D eigenvalue weighted by Crippen LogP contribution is 2.39. The summed E-state index contributed by atoms with van der Waals surface area (Å²) in [5.41, 5.74) is 0.987. The van der Waals surface area contributed by atoms with E-state index in [1.54, 1.807) is 22.5 Å². The Bertz CT molecular complexity index is 878. The summed E-state index contributed by atoms with van der Waals surface area (Å²) < 4.78 is 39.6. The Labute approximate surface area is 154 Å². The lowest BCUT2D eigenvalue weighted by molar-refractivity contribution is 0.171. The molecule has 1 fully saturated rings. The van der Waals surface area contributed by atoms with E-state index in [4.69, 9.17) is 9.47 Å². The van der Waals surface area contributed by atoms with Crippen LogP contribution in [0.4, 0.5) is 0 Å². The third kappa shape index (κ3) is 3.44. The summed E-state index contributed by atoms with van der Waals surface area (Å²) in [6.07, 6.45) is 2.17. The molecule has 138 valence electrons. The largest absolute Gasteiger partial charge is 0.486 e. The number of hydrogen-bond donors (Lipinski definition) is 0. The molecule has 1 unspecified atom stereocenters. The van der Waals surface area contributed by atoms with E-state index < -0.39 is 10.0 Å². The van der Waals surface area contributed by atoms with Gasteiger partial charge in [-0.25, -0.2) is 8.42 Å². The second kappa shape index (κ2) is 6.93. The van der Waals surface area contributed by atoms with Crippen LogP contribution in [0.1, 0.15) is 25.3 Å².